The molecule has 0 unspecified atom stereocenters. The van der Waals surface area contributed by atoms with E-state index < -0.39 is 23.8 Å². The highest BCUT2D eigenvalue weighted by molar-refractivity contribution is 6.31. The second-order valence-electron chi connectivity index (χ2n) is 6.43. The van der Waals surface area contributed by atoms with Gasteiger partial charge < -0.3 is 15.4 Å². The molecule has 30 heavy (non-hydrogen) atoms. The zero-order valence-corrected chi connectivity index (χ0v) is 17.2. The van der Waals surface area contributed by atoms with Crippen molar-refractivity contribution < 1.29 is 27.5 Å². The Morgan fingerprint density at radius 3 is 2.57 bits per heavy atom. The van der Waals surface area contributed by atoms with Crippen LogP contribution in [0.5, 0.6) is 5.88 Å². The van der Waals surface area contributed by atoms with Crippen LogP contribution < -0.4 is 15.4 Å². The topological polar surface area (TPSA) is 93.2 Å². The van der Waals surface area contributed by atoms with Crippen molar-refractivity contribution in [3.8, 4) is 5.88 Å². The third-order valence-corrected chi connectivity index (χ3v) is 4.07. The fraction of sp³-hybridized carbons (Fsp3) is 0.368. The number of carbonyl (C=O) groups is 2. The summed E-state index contributed by atoms with van der Waals surface area (Å²) in [6.45, 7) is 5.01. The minimum absolute atomic E-state index is 0.0376. The second-order valence-corrected chi connectivity index (χ2v) is 6.84. The van der Waals surface area contributed by atoms with Gasteiger partial charge >= 0.3 is 6.18 Å². The van der Waals surface area contributed by atoms with Crippen LogP contribution in [0.15, 0.2) is 24.4 Å². The maximum Gasteiger partial charge on any atom is 0.417 e. The van der Waals surface area contributed by atoms with Gasteiger partial charge in [0.05, 0.1) is 12.1 Å². The number of amides is 2. The summed E-state index contributed by atoms with van der Waals surface area (Å²) in [6, 6.07) is 3.72. The van der Waals surface area contributed by atoms with E-state index in [-0.39, 0.29) is 41.2 Å². The number of hydrogen-bond donors (Lipinski definition) is 2. The number of nitrogens with zero attached hydrogens (tertiary/aromatic N) is 2. The van der Waals surface area contributed by atoms with Crippen molar-refractivity contribution in [3.63, 3.8) is 0 Å². The van der Waals surface area contributed by atoms with E-state index in [1.54, 1.807) is 26.8 Å². The summed E-state index contributed by atoms with van der Waals surface area (Å²) >= 11 is 5.81. The average molecular weight is 445 g/mol. The number of rotatable bonds is 7. The Hall–Kier alpha value is -2.88. The number of ether oxygens (including phenoxy) is 1. The Bertz CT molecular complexity index is 938. The number of hydrogen-bond acceptors (Lipinski definition) is 5. The van der Waals surface area contributed by atoms with Crippen molar-refractivity contribution in [1.29, 1.82) is 0 Å². The van der Waals surface area contributed by atoms with Gasteiger partial charge in [0.25, 0.3) is 5.91 Å². The lowest BCUT2D eigenvalue weighted by molar-refractivity contribution is -0.137. The first-order valence-electron chi connectivity index (χ1n) is 8.95. The molecule has 0 saturated heterocycles. The van der Waals surface area contributed by atoms with E-state index in [4.69, 9.17) is 16.3 Å². The highest BCUT2D eigenvalue weighted by Gasteiger charge is 2.32. The van der Waals surface area contributed by atoms with Gasteiger partial charge in [0, 0.05) is 23.9 Å². The maximum atomic E-state index is 12.7. The van der Waals surface area contributed by atoms with Gasteiger partial charge in [-0.05, 0) is 32.0 Å². The Balaban J connectivity index is 1.99. The fourth-order valence-electron chi connectivity index (χ4n) is 2.33. The molecule has 162 valence electrons. The van der Waals surface area contributed by atoms with Crippen LogP contribution in [0.2, 0.25) is 5.02 Å². The molecule has 0 aliphatic heterocycles. The zero-order valence-electron chi connectivity index (χ0n) is 16.4. The second kappa shape index (κ2) is 9.75. The molecule has 0 saturated carbocycles. The minimum atomic E-state index is -4.56. The lowest BCUT2D eigenvalue weighted by atomic mass is 10.2. The van der Waals surface area contributed by atoms with Gasteiger partial charge in [-0.3, -0.25) is 9.59 Å². The molecule has 2 aromatic heterocycles. The Morgan fingerprint density at radius 1 is 1.27 bits per heavy atom. The third kappa shape index (κ3) is 6.58. The number of aromatic nitrogens is 2. The van der Waals surface area contributed by atoms with Crippen molar-refractivity contribution in [2.75, 3.05) is 11.9 Å². The summed E-state index contributed by atoms with van der Waals surface area (Å²) in [5.41, 5.74) is -0.161. The molecular weight excluding hydrogens is 425 g/mol. The van der Waals surface area contributed by atoms with Crippen molar-refractivity contribution >= 4 is 29.2 Å². The molecule has 0 spiro atoms. The first-order valence-corrected chi connectivity index (χ1v) is 9.33. The van der Waals surface area contributed by atoms with Gasteiger partial charge in [-0.1, -0.05) is 18.5 Å². The van der Waals surface area contributed by atoms with Crippen LogP contribution in [0.25, 0.3) is 0 Å². The first-order chi connectivity index (χ1) is 14.0. The van der Waals surface area contributed by atoms with E-state index in [9.17, 15) is 22.8 Å². The van der Waals surface area contributed by atoms with Gasteiger partial charge in [0.2, 0.25) is 11.8 Å². The standard InChI is InChI=1S/C19H20ClF3N4O3/c1-4-16(28)27-15-6-12(5-10(2)26-15)17(29)24-8-11(3)30-18-14(20)7-13(9-25-18)19(21,22)23/h5-7,9,11H,4,8H2,1-3H3,(H,24,29)(H,26,27,28)/t11-/m0/s1. The molecule has 2 aromatic rings. The van der Waals surface area contributed by atoms with Crippen LogP contribution in [0.3, 0.4) is 0 Å². The van der Waals surface area contributed by atoms with Crippen molar-refractivity contribution in [1.82, 2.24) is 15.3 Å². The van der Waals surface area contributed by atoms with Crippen LogP contribution in [0, 0.1) is 6.92 Å². The van der Waals surface area contributed by atoms with E-state index >= 15 is 0 Å². The van der Waals surface area contributed by atoms with Gasteiger partial charge in [0.15, 0.2) is 0 Å². The highest BCUT2D eigenvalue weighted by atomic mass is 35.5. The Morgan fingerprint density at radius 2 is 1.97 bits per heavy atom. The summed E-state index contributed by atoms with van der Waals surface area (Å²) in [5.74, 6) is -0.579. The van der Waals surface area contributed by atoms with E-state index in [2.05, 4.69) is 20.6 Å². The summed E-state index contributed by atoms with van der Waals surface area (Å²) in [4.78, 5) is 31.7. The Kier molecular flexibility index (Phi) is 7.60. The molecule has 1 atom stereocenters. The fourth-order valence-corrected chi connectivity index (χ4v) is 2.54. The van der Waals surface area contributed by atoms with Crippen LogP contribution in [-0.4, -0.2) is 34.4 Å². The number of halogens is 4. The zero-order chi connectivity index (χ0) is 22.5. The highest BCUT2D eigenvalue weighted by Crippen LogP contribution is 2.33. The summed E-state index contributed by atoms with van der Waals surface area (Å²) < 4.78 is 43.4. The quantitative estimate of drug-likeness (QED) is 0.673. The largest absolute Gasteiger partial charge is 0.472 e. The van der Waals surface area contributed by atoms with E-state index in [1.807, 2.05) is 0 Å². The number of pyridine rings is 2. The molecule has 0 aliphatic rings. The monoisotopic (exact) mass is 444 g/mol. The van der Waals surface area contributed by atoms with E-state index in [0.29, 0.717) is 11.9 Å². The van der Waals surface area contributed by atoms with Crippen LogP contribution in [0.4, 0.5) is 19.0 Å². The summed E-state index contributed by atoms with van der Waals surface area (Å²) in [5, 5.41) is 4.94. The first kappa shape index (κ1) is 23.4. The molecule has 11 heteroatoms. The van der Waals surface area contributed by atoms with Gasteiger partial charge in [-0.15, -0.1) is 0 Å². The lowest BCUT2D eigenvalue weighted by Crippen LogP contribution is -2.34. The molecule has 0 aromatic carbocycles. The van der Waals surface area contributed by atoms with Crippen molar-refractivity contribution in [3.05, 3.63) is 46.2 Å². The van der Waals surface area contributed by atoms with Crippen LogP contribution in [0.1, 0.15) is 41.9 Å². The van der Waals surface area contributed by atoms with Crippen LogP contribution in [-0.2, 0) is 11.0 Å². The number of alkyl halides is 3. The molecule has 2 amide bonds. The van der Waals surface area contributed by atoms with Crippen molar-refractivity contribution in [2.24, 2.45) is 0 Å². The van der Waals surface area contributed by atoms with Crippen molar-refractivity contribution in [2.45, 2.75) is 39.5 Å². The third-order valence-electron chi connectivity index (χ3n) is 3.80. The van der Waals surface area contributed by atoms with E-state index in [0.717, 1.165) is 6.07 Å². The minimum Gasteiger partial charge on any atom is -0.472 e. The SMILES string of the molecule is CCC(=O)Nc1cc(C(=O)NC[C@H](C)Oc2ncc(C(F)(F)F)cc2Cl)cc(C)n1. The molecule has 7 nitrogen and oxygen atoms in total. The average Bonchev–Trinajstić information content (AvgIpc) is 2.66. The van der Waals surface area contributed by atoms with Gasteiger partial charge in [-0.2, -0.15) is 13.2 Å². The summed E-state index contributed by atoms with van der Waals surface area (Å²) in [7, 11) is 0. The van der Waals surface area contributed by atoms with E-state index in [1.165, 1.54) is 6.07 Å². The smallest absolute Gasteiger partial charge is 0.417 e. The molecule has 2 heterocycles. The molecule has 2 rings (SSSR count). The van der Waals surface area contributed by atoms with Gasteiger partial charge in [-0.25, -0.2) is 9.97 Å². The predicted octanol–water partition coefficient (Wildman–Crippen LogP) is 4.00. The molecule has 0 bridgehead atoms. The number of carbonyl (C=O) groups excluding carboxylic acids is 2. The predicted molar refractivity (Wildman–Crippen MR) is 105 cm³/mol. The number of nitrogens with one attached hydrogen (secondary N) is 2. The lowest BCUT2D eigenvalue weighted by Gasteiger charge is -2.16. The Labute approximate surface area is 176 Å². The molecule has 2 N–H and O–H groups in total. The molecule has 0 radical (unpaired) electrons. The van der Waals surface area contributed by atoms with Crippen LogP contribution >= 0.6 is 11.6 Å². The summed E-state index contributed by atoms with van der Waals surface area (Å²) in [6.07, 6.45) is -4.30. The molecule has 0 fully saturated rings. The normalized spacial score (nSPS) is 12.2. The van der Waals surface area contributed by atoms with Gasteiger partial charge in [0.1, 0.15) is 16.9 Å². The number of anilines is 1. The molecule has 0 aliphatic carbocycles. The number of aryl methyl sites for hydroxylation is 1. The maximum absolute atomic E-state index is 12.7. The molecular formula is C19H20ClF3N4O3.